The molecule has 7 nitrogen and oxygen atoms in total. The Kier molecular flexibility index (Phi) is 5.00. The maximum absolute atomic E-state index is 13.7. The second-order valence-electron chi connectivity index (χ2n) is 10.9. The van der Waals surface area contributed by atoms with Crippen molar-refractivity contribution in [3.05, 3.63) is 0 Å². The highest BCUT2D eigenvalue weighted by molar-refractivity contribution is 6.00. The van der Waals surface area contributed by atoms with Gasteiger partial charge in [-0.1, -0.05) is 20.8 Å². The monoisotopic (exact) mass is 422 g/mol. The van der Waals surface area contributed by atoms with Gasteiger partial charge in [0.05, 0.1) is 18.1 Å². The molecule has 7 heteroatoms. The molecule has 4 aliphatic rings. The number of ketones is 2. The fourth-order valence-electron chi connectivity index (χ4n) is 8.23. The predicted molar refractivity (Wildman–Crippen MR) is 106 cm³/mol. The SMILES string of the molecule is COC[C@H]1C(=O)[C@]23C[C@H]1C[C@H](O)[C@H]2[C@]1(C)CC[C@H](OC(C)=O)C(C)(C)[C@H]1C(=O)[C@@H]3O. The average molecular weight is 423 g/mol. The third-order valence-electron chi connectivity index (χ3n) is 9.03. The highest BCUT2D eigenvalue weighted by Crippen LogP contribution is 2.70. The van der Waals surface area contributed by atoms with E-state index in [1.54, 1.807) is 7.11 Å². The topological polar surface area (TPSA) is 110 Å². The van der Waals surface area contributed by atoms with E-state index in [1.165, 1.54) is 6.92 Å². The molecule has 0 unspecified atom stereocenters. The summed E-state index contributed by atoms with van der Waals surface area (Å²) in [6.07, 6.45) is -0.677. The number of fused-ring (bicyclic) bond motifs is 3. The fourth-order valence-corrected chi connectivity index (χ4v) is 8.23. The van der Waals surface area contributed by atoms with Gasteiger partial charge in [0, 0.05) is 37.2 Å². The first kappa shape index (κ1) is 21.9. The van der Waals surface area contributed by atoms with E-state index in [0.717, 1.165) is 0 Å². The number of aliphatic hydroxyl groups is 2. The van der Waals surface area contributed by atoms with Gasteiger partial charge in [-0.05, 0) is 37.0 Å². The standard InChI is InChI=1S/C23H34O7/c1-11(24)30-15-6-7-22(4)17-14(25)8-12-9-23(17,19(27)13(12)10-29-5)20(28)16(26)18(22)21(15,2)3/h12-15,17-18,20,25,28H,6-10H2,1-5H3/t12-,13-,14+,15+,17+,18-,20+,22+,23+/m1/s1. The summed E-state index contributed by atoms with van der Waals surface area (Å²) in [6.45, 7) is 7.38. The predicted octanol–water partition coefficient (Wildman–Crippen LogP) is 1.52. The molecule has 0 amide bonds. The van der Waals surface area contributed by atoms with Crippen molar-refractivity contribution in [1.29, 1.82) is 0 Å². The number of carbonyl (C=O) groups excluding carboxylic acids is 3. The van der Waals surface area contributed by atoms with Gasteiger partial charge in [0.25, 0.3) is 0 Å². The number of esters is 1. The Bertz CT molecular complexity index is 776. The Hall–Kier alpha value is -1.31. The Morgan fingerprint density at radius 2 is 1.87 bits per heavy atom. The van der Waals surface area contributed by atoms with Crippen LogP contribution in [0.5, 0.6) is 0 Å². The van der Waals surface area contributed by atoms with Gasteiger partial charge < -0.3 is 19.7 Å². The van der Waals surface area contributed by atoms with Gasteiger partial charge in [-0.2, -0.15) is 0 Å². The van der Waals surface area contributed by atoms with E-state index in [9.17, 15) is 24.6 Å². The lowest BCUT2D eigenvalue weighted by molar-refractivity contribution is -0.231. The van der Waals surface area contributed by atoms with E-state index in [1.807, 2.05) is 20.8 Å². The van der Waals surface area contributed by atoms with Crippen LogP contribution in [-0.2, 0) is 23.9 Å². The highest BCUT2D eigenvalue weighted by atomic mass is 16.5. The van der Waals surface area contributed by atoms with E-state index in [4.69, 9.17) is 9.47 Å². The molecule has 0 radical (unpaired) electrons. The van der Waals surface area contributed by atoms with E-state index < -0.39 is 58.3 Å². The Labute approximate surface area is 177 Å². The number of hydrogen-bond acceptors (Lipinski definition) is 7. The van der Waals surface area contributed by atoms with Crippen LogP contribution in [-0.4, -0.2) is 59.8 Å². The molecule has 2 bridgehead atoms. The van der Waals surface area contributed by atoms with E-state index in [0.29, 0.717) is 25.7 Å². The molecule has 1 spiro atoms. The van der Waals surface area contributed by atoms with Crippen LogP contribution in [0.2, 0.25) is 0 Å². The molecule has 0 aromatic heterocycles. The normalized spacial score (nSPS) is 49.4. The van der Waals surface area contributed by atoms with Gasteiger partial charge in [-0.3, -0.25) is 14.4 Å². The summed E-state index contributed by atoms with van der Waals surface area (Å²) in [7, 11) is 1.54. The van der Waals surface area contributed by atoms with Crippen LogP contribution in [0.3, 0.4) is 0 Å². The third-order valence-corrected chi connectivity index (χ3v) is 9.03. The van der Waals surface area contributed by atoms with Crippen LogP contribution in [0.25, 0.3) is 0 Å². The lowest BCUT2D eigenvalue weighted by Gasteiger charge is -2.65. The number of Topliss-reactive ketones (excluding diaryl/α,β-unsaturated/α-hetero) is 2. The van der Waals surface area contributed by atoms with Crippen LogP contribution in [0.1, 0.15) is 53.4 Å². The van der Waals surface area contributed by atoms with Crippen LogP contribution in [0.15, 0.2) is 0 Å². The third kappa shape index (κ3) is 2.58. The van der Waals surface area contributed by atoms with Crippen molar-refractivity contribution in [2.45, 2.75) is 71.7 Å². The van der Waals surface area contributed by atoms with Crippen molar-refractivity contribution in [3.63, 3.8) is 0 Å². The van der Waals surface area contributed by atoms with Gasteiger partial charge in [0.2, 0.25) is 0 Å². The maximum atomic E-state index is 13.7. The summed E-state index contributed by atoms with van der Waals surface area (Å²) in [5.41, 5.74) is -2.64. The molecule has 4 fully saturated rings. The Morgan fingerprint density at radius 3 is 2.47 bits per heavy atom. The van der Waals surface area contributed by atoms with E-state index in [2.05, 4.69) is 0 Å². The fraction of sp³-hybridized carbons (Fsp3) is 0.870. The summed E-state index contributed by atoms with van der Waals surface area (Å²) in [5.74, 6) is -2.49. The summed E-state index contributed by atoms with van der Waals surface area (Å²) in [4.78, 5) is 39.0. The van der Waals surface area contributed by atoms with E-state index >= 15 is 0 Å². The number of hydrogen-bond donors (Lipinski definition) is 2. The molecule has 4 saturated carbocycles. The van der Waals surface area contributed by atoms with Crippen molar-refractivity contribution >= 4 is 17.5 Å². The molecule has 0 heterocycles. The second kappa shape index (κ2) is 6.84. The molecular formula is C23H34O7. The van der Waals surface area contributed by atoms with Crippen LogP contribution >= 0.6 is 0 Å². The molecule has 0 aliphatic heterocycles. The number of methoxy groups -OCH3 is 1. The summed E-state index contributed by atoms with van der Waals surface area (Å²) < 4.78 is 10.8. The first-order valence-electron chi connectivity index (χ1n) is 11.0. The minimum Gasteiger partial charge on any atom is -0.462 e. The molecule has 2 N–H and O–H groups in total. The lowest BCUT2D eigenvalue weighted by Crippen LogP contribution is -2.71. The molecule has 4 rings (SSSR count). The zero-order chi connectivity index (χ0) is 22.2. The average Bonchev–Trinajstić information content (AvgIpc) is 2.84. The lowest BCUT2D eigenvalue weighted by atomic mass is 9.39. The molecule has 30 heavy (non-hydrogen) atoms. The highest BCUT2D eigenvalue weighted by Gasteiger charge is 2.76. The number of ether oxygens (including phenoxy) is 2. The molecule has 9 atom stereocenters. The van der Waals surface area contributed by atoms with E-state index in [-0.39, 0.29) is 24.1 Å². The van der Waals surface area contributed by atoms with Crippen molar-refractivity contribution < 1.29 is 34.1 Å². The quantitative estimate of drug-likeness (QED) is 0.664. The first-order valence-corrected chi connectivity index (χ1v) is 11.0. The van der Waals surface area contributed by atoms with Crippen LogP contribution in [0.4, 0.5) is 0 Å². The van der Waals surface area contributed by atoms with Gasteiger partial charge in [0.15, 0.2) is 5.78 Å². The summed E-state index contributed by atoms with van der Waals surface area (Å²) >= 11 is 0. The minimum absolute atomic E-state index is 0.0864. The molecule has 168 valence electrons. The van der Waals surface area contributed by atoms with Crippen LogP contribution in [0, 0.1) is 39.9 Å². The molecular weight excluding hydrogens is 388 g/mol. The zero-order valence-electron chi connectivity index (χ0n) is 18.5. The van der Waals surface area contributed by atoms with Crippen molar-refractivity contribution in [2.24, 2.45) is 39.9 Å². The maximum Gasteiger partial charge on any atom is 0.302 e. The molecule has 4 aliphatic carbocycles. The Balaban J connectivity index is 1.82. The zero-order valence-corrected chi connectivity index (χ0v) is 18.5. The largest absolute Gasteiger partial charge is 0.462 e. The van der Waals surface area contributed by atoms with Crippen LogP contribution < -0.4 is 0 Å². The number of carbonyl (C=O) groups is 3. The van der Waals surface area contributed by atoms with Gasteiger partial charge in [0.1, 0.15) is 18.0 Å². The van der Waals surface area contributed by atoms with Crippen molar-refractivity contribution in [2.75, 3.05) is 13.7 Å². The Morgan fingerprint density at radius 1 is 1.20 bits per heavy atom. The molecule has 0 saturated heterocycles. The minimum atomic E-state index is -1.46. The van der Waals surface area contributed by atoms with Gasteiger partial charge in [-0.25, -0.2) is 0 Å². The van der Waals surface area contributed by atoms with Crippen molar-refractivity contribution in [3.8, 4) is 0 Å². The smallest absolute Gasteiger partial charge is 0.302 e. The molecule has 0 aromatic carbocycles. The van der Waals surface area contributed by atoms with Gasteiger partial charge >= 0.3 is 5.97 Å². The summed E-state index contributed by atoms with van der Waals surface area (Å²) in [6, 6.07) is 0. The number of rotatable bonds is 3. The van der Waals surface area contributed by atoms with Crippen molar-refractivity contribution in [1.82, 2.24) is 0 Å². The number of aliphatic hydroxyl groups excluding tert-OH is 2. The molecule has 0 aromatic rings. The van der Waals surface area contributed by atoms with Gasteiger partial charge in [-0.15, -0.1) is 0 Å². The summed E-state index contributed by atoms with van der Waals surface area (Å²) in [5, 5.41) is 22.6. The first-order chi connectivity index (χ1) is 13.9. The second-order valence-corrected chi connectivity index (χ2v) is 10.9.